The predicted octanol–water partition coefficient (Wildman–Crippen LogP) is 3.88. The molecule has 0 spiro atoms. The zero-order valence-corrected chi connectivity index (χ0v) is 24.0. The van der Waals surface area contributed by atoms with Crippen LogP contribution in [0.2, 0.25) is 0 Å². The van der Waals surface area contributed by atoms with Crippen LogP contribution in [-0.4, -0.2) is 69.6 Å². The van der Waals surface area contributed by atoms with Gasteiger partial charge in [0, 0.05) is 17.7 Å². The third-order valence-electron chi connectivity index (χ3n) is 7.26. The molecule has 0 saturated carbocycles. The van der Waals surface area contributed by atoms with Crippen LogP contribution in [0.25, 0.3) is 11.2 Å². The summed E-state index contributed by atoms with van der Waals surface area (Å²) < 4.78 is 46.6. The number of hydrogen-bond donors (Lipinski definition) is 2. The van der Waals surface area contributed by atoms with Crippen molar-refractivity contribution >= 4 is 29.0 Å². The van der Waals surface area contributed by atoms with Crippen molar-refractivity contribution in [3.05, 3.63) is 83.7 Å². The first-order valence-electron chi connectivity index (χ1n) is 14.2. The number of imidazole rings is 1. The van der Waals surface area contributed by atoms with Gasteiger partial charge in [-0.15, -0.1) is 0 Å². The molecule has 4 aromatic rings. The monoisotopic (exact) mass is 606 g/mol. The van der Waals surface area contributed by atoms with Crippen LogP contribution < -0.4 is 10.6 Å². The summed E-state index contributed by atoms with van der Waals surface area (Å²) in [5.41, 5.74) is 1.79. The molecule has 2 aliphatic heterocycles. The number of ether oxygens (including phenoxy) is 5. The van der Waals surface area contributed by atoms with E-state index in [0.717, 1.165) is 5.56 Å². The van der Waals surface area contributed by atoms with Crippen molar-refractivity contribution in [2.45, 2.75) is 51.3 Å². The molecule has 2 saturated heterocycles. The number of urea groups is 1. The third kappa shape index (κ3) is 5.84. The van der Waals surface area contributed by atoms with Crippen LogP contribution in [0, 0.1) is 5.82 Å². The van der Waals surface area contributed by atoms with Crippen LogP contribution in [0.1, 0.15) is 47.9 Å². The van der Waals surface area contributed by atoms with Crippen LogP contribution in [0.4, 0.5) is 15.0 Å². The lowest BCUT2D eigenvalue weighted by atomic mass is 10.1. The minimum atomic E-state index is -0.733. The van der Waals surface area contributed by atoms with Crippen molar-refractivity contribution in [1.82, 2.24) is 24.8 Å². The highest BCUT2D eigenvalue weighted by atomic mass is 19.1. The van der Waals surface area contributed by atoms with Gasteiger partial charge in [-0.25, -0.2) is 28.9 Å². The Morgan fingerprint density at radius 3 is 2.61 bits per heavy atom. The second-order valence-electron chi connectivity index (χ2n) is 10.0. The highest BCUT2D eigenvalue weighted by Crippen LogP contribution is 2.45. The average Bonchev–Trinajstić information content (AvgIpc) is 3.74. The number of hydrogen-bond acceptors (Lipinski definition) is 10. The van der Waals surface area contributed by atoms with E-state index in [-0.39, 0.29) is 36.8 Å². The molecule has 4 heterocycles. The van der Waals surface area contributed by atoms with Gasteiger partial charge in [-0.3, -0.25) is 9.88 Å². The Morgan fingerprint density at radius 2 is 1.82 bits per heavy atom. The molecular weight excluding hydrogens is 575 g/mol. The molecule has 2 amide bonds. The summed E-state index contributed by atoms with van der Waals surface area (Å²) in [5, 5.41) is 5.34. The number of carbonyl (C=O) groups excluding carboxylic acids is 2. The number of benzene rings is 2. The fourth-order valence-electron chi connectivity index (χ4n) is 5.28. The normalized spacial score (nSPS) is 22.6. The molecular formula is C30H31FN6O7. The summed E-state index contributed by atoms with van der Waals surface area (Å²) in [6, 6.07) is 13.3. The van der Waals surface area contributed by atoms with Gasteiger partial charge in [-0.05, 0) is 26.0 Å². The number of aromatic nitrogens is 4. The van der Waals surface area contributed by atoms with E-state index >= 15 is 0 Å². The molecule has 0 aliphatic carbocycles. The number of fused-ring (bicyclic) bond motifs is 2. The molecule has 2 aromatic carbocycles. The molecule has 2 aliphatic rings. The molecule has 0 radical (unpaired) electrons. The van der Waals surface area contributed by atoms with E-state index in [2.05, 4.69) is 25.6 Å². The van der Waals surface area contributed by atoms with Gasteiger partial charge in [-0.2, -0.15) is 0 Å². The maximum Gasteiger partial charge on any atom is 0.338 e. The third-order valence-corrected chi connectivity index (χ3v) is 7.26. The zero-order valence-electron chi connectivity index (χ0n) is 24.0. The summed E-state index contributed by atoms with van der Waals surface area (Å²) >= 11 is 0. The minimum absolute atomic E-state index is 0.00471. The van der Waals surface area contributed by atoms with E-state index in [9.17, 15) is 14.0 Å². The molecule has 6 rings (SSSR count). The smallest absolute Gasteiger partial charge is 0.338 e. The summed E-state index contributed by atoms with van der Waals surface area (Å²) in [4.78, 5) is 37.6. The van der Waals surface area contributed by atoms with E-state index in [1.54, 1.807) is 18.4 Å². The Hall–Kier alpha value is -4.50. The quantitative estimate of drug-likeness (QED) is 0.255. The Balaban J connectivity index is 1.25. The van der Waals surface area contributed by atoms with E-state index in [0.29, 0.717) is 17.7 Å². The number of esters is 1. The van der Waals surface area contributed by atoms with Crippen LogP contribution in [0.15, 0.2) is 61.2 Å². The van der Waals surface area contributed by atoms with Crippen molar-refractivity contribution < 1.29 is 37.7 Å². The predicted molar refractivity (Wildman–Crippen MR) is 153 cm³/mol. The van der Waals surface area contributed by atoms with Gasteiger partial charge < -0.3 is 29.0 Å². The number of anilines is 1. The zero-order chi connectivity index (χ0) is 30.6. The largest absolute Gasteiger partial charge is 0.462 e. The van der Waals surface area contributed by atoms with Gasteiger partial charge >= 0.3 is 12.0 Å². The van der Waals surface area contributed by atoms with Gasteiger partial charge in [0.25, 0.3) is 0 Å². The van der Waals surface area contributed by atoms with E-state index in [4.69, 9.17) is 23.7 Å². The maximum absolute atomic E-state index is 14.7. The van der Waals surface area contributed by atoms with Crippen molar-refractivity contribution in [3.8, 4) is 0 Å². The van der Waals surface area contributed by atoms with Gasteiger partial charge in [0.1, 0.15) is 30.5 Å². The molecule has 5 atom stereocenters. The second kappa shape index (κ2) is 13.0. The molecule has 44 heavy (non-hydrogen) atoms. The van der Waals surface area contributed by atoms with Crippen LogP contribution in [0.3, 0.4) is 0 Å². The van der Waals surface area contributed by atoms with Gasteiger partial charge in [0.05, 0.1) is 31.7 Å². The SMILES string of the molecule is CCNC(=O)Nc1ncnc2c1ncn2C1OC(COCc2c(F)cccc2C(=O)OCC)C2O[C@H](c3ccccc3)O[C@@H]21. The number of rotatable bonds is 10. The number of amides is 2. The first kappa shape index (κ1) is 29.6. The van der Waals surface area contributed by atoms with Crippen molar-refractivity contribution in [1.29, 1.82) is 0 Å². The fourth-order valence-corrected chi connectivity index (χ4v) is 5.28. The van der Waals surface area contributed by atoms with Crippen molar-refractivity contribution in [2.24, 2.45) is 0 Å². The lowest BCUT2D eigenvalue weighted by Crippen LogP contribution is -2.31. The maximum atomic E-state index is 14.7. The molecule has 2 aromatic heterocycles. The summed E-state index contributed by atoms with van der Waals surface area (Å²) in [7, 11) is 0. The van der Waals surface area contributed by atoms with Gasteiger partial charge in [-0.1, -0.05) is 36.4 Å². The first-order valence-corrected chi connectivity index (χ1v) is 14.2. The Labute approximate surface area is 251 Å². The van der Waals surface area contributed by atoms with Gasteiger partial charge in [0.2, 0.25) is 0 Å². The fraction of sp³-hybridized carbons (Fsp3) is 0.367. The van der Waals surface area contributed by atoms with Gasteiger partial charge in [0.15, 0.2) is 29.5 Å². The number of nitrogens with one attached hydrogen (secondary N) is 2. The number of carbonyl (C=O) groups is 2. The van der Waals surface area contributed by atoms with Crippen molar-refractivity contribution in [2.75, 3.05) is 25.1 Å². The number of nitrogens with zero attached hydrogens (tertiary/aromatic N) is 4. The molecule has 230 valence electrons. The molecule has 13 nitrogen and oxygen atoms in total. The lowest BCUT2D eigenvalue weighted by Gasteiger charge is -2.21. The molecule has 3 unspecified atom stereocenters. The minimum Gasteiger partial charge on any atom is -0.462 e. The van der Waals surface area contributed by atoms with Crippen LogP contribution in [0.5, 0.6) is 0 Å². The topological polar surface area (TPSA) is 148 Å². The van der Waals surface area contributed by atoms with Crippen LogP contribution in [-0.2, 0) is 30.3 Å². The summed E-state index contributed by atoms with van der Waals surface area (Å²) in [6.07, 6.45) is -0.332. The Bertz CT molecular complexity index is 1640. The summed E-state index contributed by atoms with van der Waals surface area (Å²) in [6.45, 7) is 3.90. The van der Waals surface area contributed by atoms with Crippen molar-refractivity contribution in [3.63, 3.8) is 0 Å². The van der Waals surface area contributed by atoms with Crippen LogP contribution >= 0.6 is 0 Å². The van der Waals surface area contributed by atoms with E-state index < -0.39 is 48.6 Å². The standard InChI is InChI=1S/C30H31FN6O7/c1-3-32-30(39)36-25-22-26(34-15-33-25)37(16-35-22)27-24-23(43-29(44-24)17-9-6-5-7-10-17)21(42-27)14-40-13-19-18(28(38)41-4-2)11-8-12-20(19)31/h5-12,15-16,21,23-24,27,29H,3-4,13-14H2,1-2H3,(H2,32,33,34,36,39)/t21?,23?,24-,27?,29-/m0/s1. The first-order chi connectivity index (χ1) is 21.5. The molecule has 0 bridgehead atoms. The molecule has 14 heteroatoms. The summed E-state index contributed by atoms with van der Waals surface area (Å²) in [5.74, 6) is -0.969. The van der Waals surface area contributed by atoms with E-state index in [1.165, 1.54) is 30.9 Å². The average molecular weight is 607 g/mol. The molecule has 2 fully saturated rings. The van der Waals surface area contributed by atoms with E-state index in [1.807, 2.05) is 30.3 Å². The second-order valence-corrected chi connectivity index (χ2v) is 10.0. The Morgan fingerprint density at radius 1 is 1.00 bits per heavy atom. The Kier molecular flexibility index (Phi) is 8.74. The number of halogens is 1. The lowest BCUT2D eigenvalue weighted by molar-refractivity contribution is -0.158. The highest BCUT2D eigenvalue weighted by molar-refractivity contribution is 5.95. The highest BCUT2D eigenvalue weighted by Gasteiger charge is 2.54. The molecule has 2 N–H and O–H groups in total.